The lowest BCUT2D eigenvalue weighted by Gasteiger charge is -2.21. The number of methoxy groups -OCH3 is 1. The monoisotopic (exact) mass is 330 g/mol. The van der Waals surface area contributed by atoms with Crippen LogP contribution in [0.2, 0.25) is 0 Å². The van der Waals surface area contributed by atoms with Gasteiger partial charge < -0.3 is 4.74 Å². The van der Waals surface area contributed by atoms with E-state index in [1.807, 2.05) is 0 Å². The van der Waals surface area contributed by atoms with Crippen LogP contribution in [0.4, 0.5) is 0 Å². The van der Waals surface area contributed by atoms with Crippen molar-refractivity contribution in [3.63, 3.8) is 0 Å². The van der Waals surface area contributed by atoms with Gasteiger partial charge in [0.15, 0.2) is 0 Å². The topological polar surface area (TPSA) is 9.23 Å². The van der Waals surface area contributed by atoms with Gasteiger partial charge in [0.25, 0.3) is 0 Å². The molecule has 88 valence electrons. The smallest absolute Gasteiger partial charge is 0.0516 e. The maximum Gasteiger partial charge on any atom is 0.0516 e. The second kappa shape index (κ2) is 6.40. The zero-order valence-electron chi connectivity index (χ0n) is 10.2. The van der Waals surface area contributed by atoms with E-state index < -0.39 is 0 Å². The average Bonchev–Trinajstić information content (AvgIpc) is 2.17. The SMILES string of the molecule is COCC(C)(C)C/C=C/c1cccc(I)c1. The number of hydrogen-bond donors (Lipinski definition) is 0. The molecule has 0 atom stereocenters. The van der Waals surface area contributed by atoms with Gasteiger partial charge in [0.05, 0.1) is 6.61 Å². The van der Waals surface area contributed by atoms with Gasteiger partial charge in [-0.1, -0.05) is 38.1 Å². The van der Waals surface area contributed by atoms with Crippen molar-refractivity contribution in [1.82, 2.24) is 0 Å². The molecular formula is C14H19IO. The highest BCUT2D eigenvalue weighted by Crippen LogP contribution is 2.21. The molecule has 0 N–H and O–H groups in total. The predicted molar refractivity (Wildman–Crippen MR) is 78.5 cm³/mol. The summed E-state index contributed by atoms with van der Waals surface area (Å²) in [5.74, 6) is 0. The first-order chi connectivity index (χ1) is 7.53. The zero-order chi connectivity index (χ0) is 12.0. The fourth-order valence-electron chi connectivity index (χ4n) is 1.57. The predicted octanol–water partition coefficient (Wildman–Crippen LogP) is 4.37. The molecule has 16 heavy (non-hydrogen) atoms. The van der Waals surface area contributed by atoms with Crippen LogP contribution < -0.4 is 0 Å². The Kier molecular flexibility index (Phi) is 5.49. The Hall–Kier alpha value is -0.350. The van der Waals surface area contributed by atoms with Crippen molar-refractivity contribution in [2.24, 2.45) is 5.41 Å². The van der Waals surface area contributed by atoms with E-state index in [2.05, 4.69) is 72.9 Å². The minimum Gasteiger partial charge on any atom is -0.384 e. The summed E-state index contributed by atoms with van der Waals surface area (Å²) < 4.78 is 6.47. The molecule has 2 heteroatoms. The molecule has 0 saturated carbocycles. The minimum absolute atomic E-state index is 0.215. The Morgan fingerprint density at radius 2 is 2.12 bits per heavy atom. The Labute approximate surface area is 112 Å². The van der Waals surface area contributed by atoms with E-state index in [0.717, 1.165) is 13.0 Å². The molecule has 0 unspecified atom stereocenters. The van der Waals surface area contributed by atoms with E-state index in [4.69, 9.17) is 4.74 Å². The summed E-state index contributed by atoms with van der Waals surface area (Å²) in [6.45, 7) is 5.23. The van der Waals surface area contributed by atoms with Crippen molar-refractivity contribution in [3.05, 3.63) is 39.5 Å². The van der Waals surface area contributed by atoms with Gasteiger partial charge in [-0.25, -0.2) is 0 Å². The number of halogens is 1. The summed E-state index contributed by atoms with van der Waals surface area (Å²) in [6, 6.07) is 8.50. The molecule has 0 amide bonds. The van der Waals surface area contributed by atoms with Crippen LogP contribution in [-0.2, 0) is 4.74 Å². The standard InChI is InChI=1S/C14H19IO/c1-14(2,11-16-3)9-5-7-12-6-4-8-13(15)10-12/h4-8,10H,9,11H2,1-3H3/b7-5+. The normalized spacial score (nSPS) is 12.2. The van der Waals surface area contributed by atoms with Gasteiger partial charge in [-0.3, -0.25) is 0 Å². The summed E-state index contributed by atoms with van der Waals surface area (Å²) in [5.41, 5.74) is 1.48. The summed E-state index contributed by atoms with van der Waals surface area (Å²) in [7, 11) is 1.75. The van der Waals surface area contributed by atoms with Gasteiger partial charge in [0, 0.05) is 10.7 Å². The molecule has 1 aromatic rings. The maximum atomic E-state index is 5.19. The van der Waals surface area contributed by atoms with Crippen LogP contribution in [0.5, 0.6) is 0 Å². The molecule has 0 saturated heterocycles. The molecule has 0 aliphatic heterocycles. The third-order valence-corrected chi connectivity index (χ3v) is 3.04. The quantitative estimate of drug-likeness (QED) is 0.729. The van der Waals surface area contributed by atoms with Gasteiger partial charge in [0.1, 0.15) is 0 Å². The largest absolute Gasteiger partial charge is 0.384 e. The lowest BCUT2D eigenvalue weighted by molar-refractivity contribution is 0.106. The van der Waals surface area contributed by atoms with Crippen LogP contribution in [-0.4, -0.2) is 13.7 Å². The van der Waals surface area contributed by atoms with Crippen LogP contribution in [0.3, 0.4) is 0 Å². The van der Waals surface area contributed by atoms with Crippen LogP contribution >= 0.6 is 22.6 Å². The van der Waals surface area contributed by atoms with Crippen molar-refractivity contribution >= 4 is 28.7 Å². The van der Waals surface area contributed by atoms with E-state index in [9.17, 15) is 0 Å². The number of rotatable bonds is 5. The summed E-state index contributed by atoms with van der Waals surface area (Å²) in [4.78, 5) is 0. The van der Waals surface area contributed by atoms with Gasteiger partial charge in [-0.05, 0) is 52.1 Å². The molecule has 0 aromatic heterocycles. The molecule has 0 radical (unpaired) electrons. The molecule has 1 rings (SSSR count). The molecule has 0 spiro atoms. The summed E-state index contributed by atoms with van der Waals surface area (Å²) in [6.07, 6.45) is 5.44. The second-order valence-corrected chi connectivity index (χ2v) is 6.00. The first-order valence-electron chi connectivity index (χ1n) is 5.44. The van der Waals surface area contributed by atoms with Crippen LogP contribution in [0, 0.1) is 8.99 Å². The van der Waals surface area contributed by atoms with Crippen LogP contribution in [0.25, 0.3) is 6.08 Å². The van der Waals surface area contributed by atoms with E-state index in [1.165, 1.54) is 9.13 Å². The van der Waals surface area contributed by atoms with E-state index in [-0.39, 0.29) is 5.41 Å². The van der Waals surface area contributed by atoms with Crippen LogP contribution in [0.15, 0.2) is 30.3 Å². The van der Waals surface area contributed by atoms with Gasteiger partial charge >= 0.3 is 0 Å². The van der Waals surface area contributed by atoms with Gasteiger partial charge in [-0.15, -0.1) is 0 Å². The fraction of sp³-hybridized carbons (Fsp3) is 0.429. The fourth-order valence-corrected chi connectivity index (χ4v) is 2.14. The third-order valence-electron chi connectivity index (χ3n) is 2.36. The Morgan fingerprint density at radius 1 is 1.38 bits per heavy atom. The van der Waals surface area contributed by atoms with Gasteiger partial charge in [0.2, 0.25) is 0 Å². The lowest BCUT2D eigenvalue weighted by atomic mass is 9.90. The molecule has 0 aliphatic rings. The number of benzene rings is 1. The number of ether oxygens (including phenoxy) is 1. The minimum atomic E-state index is 0.215. The molecule has 0 bridgehead atoms. The second-order valence-electron chi connectivity index (χ2n) is 4.76. The Bertz CT molecular complexity index is 356. The van der Waals surface area contributed by atoms with Crippen molar-refractivity contribution < 1.29 is 4.74 Å². The van der Waals surface area contributed by atoms with Crippen molar-refractivity contribution in [2.75, 3.05) is 13.7 Å². The number of allylic oxidation sites excluding steroid dienone is 1. The number of hydrogen-bond acceptors (Lipinski definition) is 1. The molecule has 0 fully saturated rings. The molecule has 1 nitrogen and oxygen atoms in total. The highest BCUT2D eigenvalue weighted by molar-refractivity contribution is 14.1. The summed E-state index contributed by atoms with van der Waals surface area (Å²) >= 11 is 2.33. The summed E-state index contributed by atoms with van der Waals surface area (Å²) in [5, 5.41) is 0. The van der Waals surface area contributed by atoms with Gasteiger partial charge in [-0.2, -0.15) is 0 Å². The van der Waals surface area contributed by atoms with E-state index in [0.29, 0.717) is 0 Å². The third kappa shape index (κ3) is 5.12. The molecule has 0 aliphatic carbocycles. The highest BCUT2D eigenvalue weighted by atomic mass is 127. The molecular weight excluding hydrogens is 311 g/mol. The van der Waals surface area contributed by atoms with E-state index >= 15 is 0 Å². The van der Waals surface area contributed by atoms with Crippen molar-refractivity contribution in [1.29, 1.82) is 0 Å². The molecule has 1 aromatic carbocycles. The lowest BCUT2D eigenvalue weighted by Crippen LogP contribution is -2.16. The first kappa shape index (κ1) is 13.7. The maximum absolute atomic E-state index is 5.19. The molecule has 0 heterocycles. The first-order valence-corrected chi connectivity index (χ1v) is 6.52. The Morgan fingerprint density at radius 3 is 2.75 bits per heavy atom. The van der Waals surface area contributed by atoms with Crippen molar-refractivity contribution in [3.8, 4) is 0 Å². The average molecular weight is 330 g/mol. The zero-order valence-corrected chi connectivity index (χ0v) is 12.3. The highest BCUT2D eigenvalue weighted by Gasteiger charge is 2.14. The van der Waals surface area contributed by atoms with E-state index in [1.54, 1.807) is 7.11 Å². The van der Waals surface area contributed by atoms with Crippen LogP contribution in [0.1, 0.15) is 25.8 Å². The Balaban J connectivity index is 2.55. The van der Waals surface area contributed by atoms with Crippen molar-refractivity contribution in [2.45, 2.75) is 20.3 Å².